The Morgan fingerprint density at radius 1 is 1.30 bits per heavy atom. The topological polar surface area (TPSA) is 75.4 Å². The molecule has 20 heavy (non-hydrogen) atoms. The fraction of sp³-hybridized carbons (Fsp3) is 0.467. The van der Waals surface area contributed by atoms with Crippen molar-refractivity contribution in [2.24, 2.45) is 11.7 Å². The largest absolute Gasteiger partial charge is 0.336 e. The maximum atomic E-state index is 12.1. The Kier molecular flexibility index (Phi) is 6.73. The summed E-state index contributed by atoms with van der Waals surface area (Å²) in [5, 5.41) is 2.75. The minimum Gasteiger partial charge on any atom is -0.336 e. The minimum atomic E-state index is -0.209. The molecule has 2 amide bonds. The quantitative estimate of drug-likeness (QED) is 0.792. The molecule has 0 heterocycles. The zero-order chi connectivity index (χ0) is 15.0. The van der Waals surface area contributed by atoms with E-state index in [1.165, 1.54) is 4.90 Å². The molecule has 1 aromatic carbocycles. The zero-order valence-electron chi connectivity index (χ0n) is 12.1. The van der Waals surface area contributed by atoms with E-state index in [0.717, 1.165) is 18.5 Å². The van der Waals surface area contributed by atoms with Crippen LogP contribution in [-0.4, -0.2) is 36.9 Å². The SMILES string of the molecule is CCCC(CN)C(=O)N(C)CC(=O)Nc1ccccc1. The number of carbonyl (C=O) groups is 2. The van der Waals surface area contributed by atoms with Crippen LogP contribution in [0.15, 0.2) is 30.3 Å². The van der Waals surface area contributed by atoms with Crippen LogP contribution < -0.4 is 11.1 Å². The molecule has 0 saturated heterocycles. The number of nitrogens with zero attached hydrogens (tertiary/aromatic N) is 1. The Morgan fingerprint density at radius 2 is 1.95 bits per heavy atom. The van der Waals surface area contributed by atoms with Crippen LogP contribution in [0.5, 0.6) is 0 Å². The maximum absolute atomic E-state index is 12.1. The number of likely N-dealkylation sites (N-methyl/N-ethyl adjacent to an activating group) is 1. The first-order valence-electron chi connectivity index (χ1n) is 6.88. The molecule has 0 bridgehead atoms. The Morgan fingerprint density at radius 3 is 2.50 bits per heavy atom. The molecule has 0 aliphatic carbocycles. The van der Waals surface area contributed by atoms with Crippen LogP contribution in [0.1, 0.15) is 19.8 Å². The van der Waals surface area contributed by atoms with E-state index in [2.05, 4.69) is 5.32 Å². The summed E-state index contributed by atoms with van der Waals surface area (Å²) in [5.74, 6) is -0.480. The van der Waals surface area contributed by atoms with Gasteiger partial charge < -0.3 is 16.0 Å². The Bertz CT molecular complexity index is 434. The van der Waals surface area contributed by atoms with Gasteiger partial charge in [0.1, 0.15) is 0 Å². The molecule has 5 nitrogen and oxygen atoms in total. The van der Waals surface area contributed by atoms with Crippen LogP contribution in [0.2, 0.25) is 0 Å². The number of benzene rings is 1. The lowest BCUT2D eigenvalue weighted by Crippen LogP contribution is -2.40. The van der Waals surface area contributed by atoms with E-state index >= 15 is 0 Å². The standard InChI is InChI=1S/C15H23N3O2/c1-3-7-12(10-16)15(20)18(2)11-14(19)17-13-8-5-4-6-9-13/h4-6,8-9,12H,3,7,10-11,16H2,1-2H3,(H,17,19). The third kappa shape index (κ3) is 5.01. The number of nitrogens with one attached hydrogen (secondary N) is 1. The summed E-state index contributed by atoms with van der Waals surface area (Å²) >= 11 is 0. The van der Waals surface area contributed by atoms with Gasteiger partial charge in [0.15, 0.2) is 0 Å². The van der Waals surface area contributed by atoms with Crippen LogP contribution in [0, 0.1) is 5.92 Å². The average molecular weight is 277 g/mol. The highest BCUT2D eigenvalue weighted by Crippen LogP contribution is 2.09. The van der Waals surface area contributed by atoms with Gasteiger partial charge in [-0.15, -0.1) is 0 Å². The van der Waals surface area contributed by atoms with Gasteiger partial charge in [-0.05, 0) is 18.6 Å². The van der Waals surface area contributed by atoms with Gasteiger partial charge in [0, 0.05) is 19.3 Å². The normalized spacial score (nSPS) is 11.8. The number of anilines is 1. The predicted octanol–water partition coefficient (Wildman–Crippen LogP) is 1.46. The van der Waals surface area contributed by atoms with Crippen molar-refractivity contribution >= 4 is 17.5 Å². The van der Waals surface area contributed by atoms with Gasteiger partial charge in [0.05, 0.1) is 12.5 Å². The molecule has 0 saturated carbocycles. The van der Waals surface area contributed by atoms with Crippen LogP contribution >= 0.6 is 0 Å². The van der Waals surface area contributed by atoms with Crippen molar-refractivity contribution in [1.29, 1.82) is 0 Å². The Balaban J connectivity index is 2.50. The molecule has 5 heteroatoms. The molecule has 0 fully saturated rings. The first-order chi connectivity index (χ1) is 9.58. The summed E-state index contributed by atoms with van der Waals surface area (Å²) in [5.41, 5.74) is 6.33. The number of amides is 2. The number of hydrogen-bond donors (Lipinski definition) is 2. The molecule has 1 aromatic rings. The number of rotatable bonds is 7. The van der Waals surface area contributed by atoms with Crippen LogP contribution in [0.4, 0.5) is 5.69 Å². The monoisotopic (exact) mass is 277 g/mol. The smallest absolute Gasteiger partial charge is 0.243 e. The summed E-state index contributed by atoms with van der Waals surface area (Å²) in [6.45, 7) is 2.36. The lowest BCUT2D eigenvalue weighted by atomic mass is 10.0. The van der Waals surface area contributed by atoms with Gasteiger partial charge in [0.25, 0.3) is 0 Å². The molecule has 3 N–H and O–H groups in total. The highest BCUT2D eigenvalue weighted by Gasteiger charge is 2.21. The van der Waals surface area contributed by atoms with Gasteiger partial charge >= 0.3 is 0 Å². The summed E-state index contributed by atoms with van der Waals surface area (Å²) < 4.78 is 0. The van der Waals surface area contributed by atoms with Crippen LogP contribution in [-0.2, 0) is 9.59 Å². The highest BCUT2D eigenvalue weighted by molar-refractivity contribution is 5.94. The molecular formula is C15H23N3O2. The first kappa shape index (κ1) is 16.2. The van der Waals surface area contributed by atoms with Gasteiger partial charge in [-0.2, -0.15) is 0 Å². The first-order valence-corrected chi connectivity index (χ1v) is 6.88. The van der Waals surface area contributed by atoms with Gasteiger partial charge in [-0.3, -0.25) is 9.59 Å². The molecule has 0 aliphatic heterocycles. The maximum Gasteiger partial charge on any atom is 0.243 e. The summed E-state index contributed by atoms with van der Waals surface area (Å²) in [7, 11) is 1.63. The van der Waals surface area contributed by atoms with Gasteiger partial charge in [0.2, 0.25) is 11.8 Å². The van der Waals surface area contributed by atoms with Crippen LogP contribution in [0.3, 0.4) is 0 Å². The molecule has 1 unspecified atom stereocenters. The molecule has 110 valence electrons. The number of carbonyl (C=O) groups excluding carboxylic acids is 2. The molecular weight excluding hydrogens is 254 g/mol. The molecule has 0 aliphatic rings. The lowest BCUT2D eigenvalue weighted by Gasteiger charge is -2.22. The van der Waals surface area contributed by atoms with Gasteiger partial charge in [-0.25, -0.2) is 0 Å². The zero-order valence-corrected chi connectivity index (χ0v) is 12.1. The van der Waals surface area contributed by atoms with Crippen molar-refractivity contribution in [3.8, 4) is 0 Å². The average Bonchev–Trinajstić information content (AvgIpc) is 2.44. The van der Waals surface area contributed by atoms with E-state index in [-0.39, 0.29) is 24.3 Å². The second-order valence-corrected chi connectivity index (χ2v) is 4.83. The van der Waals surface area contributed by atoms with Crippen molar-refractivity contribution in [3.63, 3.8) is 0 Å². The Labute approximate surface area is 120 Å². The van der Waals surface area contributed by atoms with Crippen molar-refractivity contribution in [2.75, 3.05) is 25.5 Å². The van der Waals surface area contributed by atoms with Crippen LogP contribution in [0.25, 0.3) is 0 Å². The summed E-state index contributed by atoms with van der Waals surface area (Å²) in [4.78, 5) is 25.4. The predicted molar refractivity (Wildman–Crippen MR) is 80.2 cm³/mol. The van der Waals surface area contributed by atoms with E-state index in [9.17, 15) is 9.59 Å². The third-order valence-electron chi connectivity index (χ3n) is 3.09. The number of para-hydroxylation sites is 1. The second kappa shape index (κ2) is 8.32. The molecule has 0 radical (unpaired) electrons. The van der Waals surface area contributed by atoms with E-state index in [4.69, 9.17) is 5.73 Å². The fourth-order valence-corrected chi connectivity index (χ4v) is 2.02. The van der Waals surface area contributed by atoms with Gasteiger partial charge in [-0.1, -0.05) is 31.5 Å². The van der Waals surface area contributed by atoms with E-state index < -0.39 is 0 Å². The number of hydrogen-bond acceptors (Lipinski definition) is 3. The van der Waals surface area contributed by atoms with Crippen molar-refractivity contribution in [1.82, 2.24) is 4.90 Å². The van der Waals surface area contributed by atoms with Crippen molar-refractivity contribution in [2.45, 2.75) is 19.8 Å². The molecule has 0 spiro atoms. The van der Waals surface area contributed by atoms with Crippen molar-refractivity contribution < 1.29 is 9.59 Å². The molecule has 1 atom stereocenters. The minimum absolute atomic E-state index is 0.0357. The van der Waals surface area contributed by atoms with E-state index in [0.29, 0.717) is 6.54 Å². The lowest BCUT2D eigenvalue weighted by molar-refractivity contribution is -0.136. The van der Waals surface area contributed by atoms with E-state index in [1.807, 2.05) is 25.1 Å². The number of nitrogens with two attached hydrogens (primary N) is 1. The summed E-state index contributed by atoms with van der Waals surface area (Å²) in [6, 6.07) is 9.17. The molecule has 0 aromatic heterocycles. The second-order valence-electron chi connectivity index (χ2n) is 4.83. The summed E-state index contributed by atoms with van der Waals surface area (Å²) in [6.07, 6.45) is 1.65. The van der Waals surface area contributed by atoms with E-state index in [1.54, 1.807) is 19.2 Å². The van der Waals surface area contributed by atoms with Crippen molar-refractivity contribution in [3.05, 3.63) is 30.3 Å². The fourth-order valence-electron chi connectivity index (χ4n) is 2.02. The third-order valence-corrected chi connectivity index (χ3v) is 3.09. The highest BCUT2D eigenvalue weighted by atomic mass is 16.2. The Hall–Kier alpha value is -1.88. The molecule has 1 rings (SSSR count).